The molecule has 2 heterocycles. The predicted molar refractivity (Wildman–Crippen MR) is 113 cm³/mol. The fourth-order valence-electron chi connectivity index (χ4n) is 4.30. The largest absolute Gasteiger partial charge is 0.493 e. The molecular formula is C22H26ClFN2O3. The Kier molecular flexibility index (Phi) is 6.98. The highest BCUT2D eigenvalue weighted by Gasteiger charge is 2.34. The first-order valence-electron chi connectivity index (χ1n) is 9.77. The van der Waals surface area contributed by atoms with Crippen LogP contribution in [0.25, 0.3) is 0 Å². The molecule has 2 unspecified atom stereocenters. The van der Waals surface area contributed by atoms with Crippen molar-refractivity contribution in [3.8, 4) is 17.2 Å². The van der Waals surface area contributed by atoms with E-state index in [2.05, 4.69) is 10.6 Å². The number of methoxy groups -OCH3 is 1. The first-order chi connectivity index (χ1) is 13.6. The molecule has 1 amide bonds. The lowest BCUT2D eigenvalue weighted by Gasteiger charge is -2.28. The number of amides is 1. The second-order valence-electron chi connectivity index (χ2n) is 7.63. The molecule has 2 aromatic rings. The zero-order valence-electron chi connectivity index (χ0n) is 16.3. The van der Waals surface area contributed by atoms with E-state index < -0.39 is 5.82 Å². The third kappa shape index (κ3) is 5.19. The van der Waals surface area contributed by atoms with Gasteiger partial charge in [0.1, 0.15) is 0 Å². The van der Waals surface area contributed by atoms with Crippen LogP contribution in [0.2, 0.25) is 0 Å². The molecule has 7 heteroatoms. The summed E-state index contributed by atoms with van der Waals surface area (Å²) in [6.07, 6.45) is 4.99. The van der Waals surface area contributed by atoms with Crippen LogP contribution in [0, 0.1) is 11.7 Å². The minimum atomic E-state index is -0.538. The standard InChI is InChI=1S/C22H25FN2O3.ClH/c1-27-20-4-2-3-5-21(20)28-19-9-8-17(13-18(19)23)25-22(26)12-14-10-15-6-7-16(11-14)24-15;/h2-5,8-9,13-16,24H,6-7,10-12H2,1H3,(H,25,26);1H. The van der Waals surface area contributed by atoms with Crippen molar-refractivity contribution in [2.75, 3.05) is 12.4 Å². The van der Waals surface area contributed by atoms with Gasteiger partial charge in [0.2, 0.25) is 5.91 Å². The molecule has 2 bridgehead atoms. The Morgan fingerprint density at radius 3 is 2.45 bits per heavy atom. The molecule has 29 heavy (non-hydrogen) atoms. The third-order valence-electron chi connectivity index (χ3n) is 5.55. The van der Waals surface area contributed by atoms with Crippen molar-refractivity contribution in [3.05, 3.63) is 48.3 Å². The van der Waals surface area contributed by atoms with Crippen molar-refractivity contribution in [3.63, 3.8) is 0 Å². The van der Waals surface area contributed by atoms with Gasteiger partial charge in [-0.3, -0.25) is 4.79 Å². The predicted octanol–water partition coefficient (Wildman–Crippen LogP) is 4.91. The first kappa shape index (κ1) is 21.4. The second kappa shape index (κ2) is 9.46. The van der Waals surface area contributed by atoms with E-state index in [9.17, 15) is 9.18 Å². The number of hydrogen-bond donors (Lipinski definition) is 2. The monoisotopic (exact) mass is 420 g/mol. The van der Waals surface area contributed by atoms with Crippen LogP contribution in [0.5, 0.6) is 17.2 Å². The summed E-state index contributed by atoms with van der Waals surface area (Å²) in [6, 6.07) is 12.6. The van der Waals surface area contributed by atoms with Gasteiger partial charge in [-0.15, -0.1) is 12.4 Å². The Balaban J connectivity index is 0.00000240. The lowest BCUT2D eigenvalue weighted by Crippen LogP contribution is -2.39. The molecule has 156 valence electrons. The van der Waals surface area contributed by atoms with Gasteiger partial charge in [0, 0.05) is 30.3 Å². The highest BCUT2D eigenvalue weighted by molar-refractivity contribution is 5.91. The van der Waals surface area contributed by atoms with E-state index in [1.54, 1.807) is 24.3 Å². The molecule has 5 nitrogen and oxygen atoms in total. The molecule has 0 radical (unpaired) electrons. The van der Waals surface area contributed by atoms with Gasteiger partial charge >= 0.3 is 0 Å². The summed E-state index contributed by atoms with van der Waals surface area (Å²) in [5.41, 5.74) is 0.437. The van der Waals surface area contributed by atoms with Crippen molar-refractivity contribution in [2.24, 2.45) is 5.92 Å². The second-order valence-corrected chi connectivity index (χ2v) is 7.63. The summed E-state index contributed by atoms with van der Waals surface area (Å²) in [6.45, 7) is 0. The molecule has 0 spiro atoms. The summed E-state index contributed by atoms with van der Waals surface area (Å²) in [5, 5.41) is 6.39. The minimum Gasteiger partial charge on any atom is -0.493 e. The topological polar surface area (TPSA) is 59.6 Å². The number of carbonyl (C=O) groups excluding carboxylic acids is 1. The summed E-state index contributed by atoms with van der Waals surface area (Å²) in [4.78, 5) is 12.4. The number of halogens is 2. The van der Waals surface area contributed by atoms with E-state index in [1.165, 1.54) is 32.1 Å². The van der Waals surface area contributed by atoms with Crippen LogP contribution in [0.3, 0.4) is 0 Å². The zero-order chi connectivity index (χ0) is 19.5. The molecule has 2 atom stereocenters. The Morgan fingerprint density at radius 2 is 1.79 bits per heavy atom. The number of benzene rings is 2. The van der Waals surface area contributed by atoms with Crippen LogP contribution in [-0.2, 0) is 4.79 Å². The maximum Gasteiger partial charge on any atom is 0.224 e. The van der Waals surface area contributed by atoms with Crippen molar-refractivity contribution in [2.45, 2.75) is 44.2 Å². The molecule has 2 saturated heterocycles. The molecule has 0 aromatic heterocycles. The van der Waals surface area contributed by atoms with Crippen molar-refractivity contribution in [1.82, 2.24) is 5.32 Å². The summed E-state index contributed by atoms with van der Waals surface area (Å²) in [5.74, 6) is 0.832. The minimum absolute atomic E-state index is 0. The summed E-state index contributed by atoms with van der Waals surface area (Å²) < 4.78 is 25.3. The molecule has 2 fully saturated rings. The molecule has 0 saturated carbocycles. The van der Waals surface area contributed by atoms with E-state index >= 15 is 0 Å². The fraction of sp³-hybridized carbons (Fsp3) is 0.409. The highest BCUT2D eigenvalue weighted by atomic mass is 35.5. The van der Waals surface area contributed by atoms with E-state index in [4.69, 9.17) is 9.47 Å². The van der Waals surface area contributed by atoms with E-state index in [0.29, 0.717) is 41.6 Å². The lowest BCUT2D eigenvalue weighted by molar-refractivity contribution is -0.117. The third-order valence-corrected chi connectivity index (χ3v) is 5.55. The Bertz CT molecular complexity index is 852. The van der Waals surface area contributed by atoms with Gasteiger partial charge in [0.05, 0.1) is 7.11 Å². The number of nitrogens with one attached hydrogen (secondary N) is 2. The maximum atomic E-state index is 14.5. The number of fused-ring (bicyclic) bond motifs is 2. The first-order valence-corrected chi connectivity index (χ1v) is 9.77. The normalized spacial score (nSPS) is 22.5. The zero-order valence-corrected chi connectivity index (χ0v) is 17.1. The quantitative estimate of drug-likeness (QED) is 0.697. The van der Waals surface area contributed by atoms with Gasteiger partial charge in [-0.2, -0.15) is 0 Å². The summed E-state index contributed by atoms with van der Waals surface area (Å²) in [7, 11) is 1.53. The highest BCUT2D eigenvalue weighted by Crippen LogP contribution is 2.34. The molecular weight excluding hydrogens is 395 g/mol. The number of ether oxygens (including phenoxy) is 2. The molecule has 4 rings (SSSR count). The van der Waals surface area contributed by atoms with Crippen LogP contribution in [0.15, 0.2) is 42.5 Å². The van der Waals surface area contributed by atoms with Gasteiger partial charge < -0.3 is 20.1 Å². The number of para-hydroxylation sites is 2. The Hall–Kier alpha value is -2.31. The fourth-order valence-corrected chi connectivity index (χ4v) is 4.30. The van der Waals surface area contributed by atoms with Gasteiger partial charge in [-0.25, -0.2) is 4.39 Å². The molecule has 0 aliphatic carbocycles. The molecule has 2 aromatic carbocycles. The Labute approximate surface area is 176 Å². The van der Waals surface area contributed by atoms with Gasteiger partial charge in [-0.05, 0) is 55.9 Å². The SMILES string of the molecule is COc1ccccc1Oc1ccc(NC(=O)CC2CC3CCC(C2)N3)cc1F.Cl. The molecule has 2 aliphatic heterocycles. The van der Waals surface area contributed by atoms with E-state index in [0.717, 1.165) is 12.8 Å². The number of anilines is 1. The number of carbonyl (C=O) groups is 1. The average Bonchev–Trinajstić information content (AvgIpc) is 3.02. The van der Waals surface area contributed by atoms with Crippen LogP contribution >= 0.6 is 12.4 Å². The van der Waals surface area contributed by atoms with Crippen LogP contribution < -0.4 is 20.1 Å². The Morgan fingerprint density at radius 1 is 1.10 bits per heavy atom. The smallest absolute Gasteiger partial charge is 0.224 e. The lowest BCUT2D eigenvalue weighted by atomic mass is 9.89. The number of rotatable bonds is 6. The maximum absolute atomic E-state index is 14.5. The summed E-state index contributed by atoms with van der Waals surface area (Å²) >= 11 is 0. The van der Waals surface area contributed by atoms with Crippen LogP contribution in [-0.4, -0.2) is 25.1 Å². The van der Waals surface area contributed by atoms with E-state index in [1.807, 2.05) is 6.07 Å². The van der Waals surface area contributed by atoms with Crippen LogP contribution in [0.1, 0.15) is 32.1 Å². The average molecular weight is 421 g/mol. The van der Waals surface area contributed by atoms with Crippen molar-refractivity contribution in [1.29, 1.82) is 0 Å². The molecule has 2 aliphatic rings. The van der Waals surface area contributed by atoms with Gasteiger partial charge in [0.25, 0.3) is 0 Å². The van der Waals surface area contributed by atoms with Crippen LogP contribution in [0.4, 0.5) is 10.1 Å². The molecule has 2 N–H and O–H groups in total. The number of hydrogen-bond acceptors (Lipinski definition) is 4. The van der Waals surface area contributed by atoms with Gasteiger partial charge in [0.15, 0.2) is 23.1 Å². The number of piperidine rings is 1. The van der Waals surface area contributed by atoms with Crippen molar-refractivity contribution < 1.29 is 18.7 Å². The van der Waals surface area contributed by atoms with Gasteiger partial charge in [-0.1, -0.05) is 12.1 Å². The van der Waals surface area contributed by atoms with E-state index in [-0.39, 0.29) is 24.1 Å². The van der Waals surface area contributed by atoms with Crippen molar-refractivity contribution >= 4 is 24.0 Å².